The molecule has 0 N–H and O–H groups in total. The molecule has 1 aromatic heterocycles. The molecule has 1 fully saturated rings. The molecule has 1 atom stereocenters. The molecule has 5 heteroatoms. The number of hydrogen-bond donors (Lipinski definition) is 0. The molecule has 122 valence electrons. The molecule has 0 aliphatic carbocycles. The molecular formula is C18H23N3OS. The Hall–Kier alpha value is -1.43. The standard InChI is InChI=1S/C18H23N3OS/c1-14-11-21(18-19-16-7-10-22-13-17(16)23-18)9-8-20(14)12-15-5-3-2-4-6-15/h2-6,14H,7-13H2,1H3/t14-/m1/s1. The predicted molar refractivity (Wildman–Crippen MR) is 94.0 cm³/mol. The van der Waals surface area contributed by atoms with Gasteiger partial charge in [-0.25, -0.2) is 4.98 Å². The first-order chi connectivity index (χ1) is 11.3. The summed E-state index contributed by atoms with van der Waals surface area (Å²) in [6.45, 7) is 8.14. The van der Waals surface area contributed by atoms with Crippen LogP contribution in [0.15, 0.2) is 30.3 Å². The van der Waals surface area contributed by atoms with Crippen molar-refractivity contribution in [3.05, 3.63) is 46.5 Å². The minimum atomic E-state index is 0.543. The Kier molecular flexibility index (Phi) is 4.33. The van der Waals surface area contributed by atoms with Crippen LogP contribution in [0.4, 0.5) is 5.13 Å². The van der Waals surface area contributed by atoms with Crippen LogP contribution in [0.25, 0.3) is 0 Å². The van der Waals surface area contributed by atoms with E-state index < -0.39 is 0 Å². The van der Waals surface area contributed by atoms with Crippen LogP contribution in [0.3, 0.4) is 0 Å². The minimum absolute atomic E-state index is 0.543. The third-order valence-corrected chi connectivity index (χ3v) is 5.88. The van der Waals surface area contributed by atoms with Crippen molar-refractivity contribution in [2.45, 2.75) is 32.5 Å². The Morgan fingerprint density at radius 3 is 2.91 bits per heavy atom. The lowest BCUT2D eigenvalue weighted by Gasteiger charge is -2.39. The molecule has 0 spiro atoms. The monoisotopic (exact) mass is 329 g/mol. The second-order valence-corrected chi connectivity index (χ2v) is 7.48. The maximum absolute atomic E-state index is 5.54. The summed E-state index contributed by atoms with van der Waals surface area (Å²) in [5.41, 5.74) is 2.66. The van der Waals surface area contributed by atoms with E-state index in [9.17, 15) is 0 Å². The number of ether oxygens (including phenoxy) is 1. The largest absolute Gasteiger partial charge is 0.375 e. The number of fused-ring (bicyclic) bond motifs is 1. The number of benzene rings is 1. The average Bonchev–Trinajstić information content (AvgIpc) is 3.02. The Morgan fingerprint density at radius 2 is 2.13 bits per heavy atom. The van der Waals surface area contributed by atoms with E-state index in [1.165, 1.54) is 21.3 Å². The van der Waals surface area contributed by atoms with Gasteiger partial charge < -0.3 is 9.64 Å². The molecule has 1 saturated heterocycles. The van der Waals surface area contributed by atoms with Crippen LogP contribution >= 0.6 is 11.3 Å². The fraction of sp³-hybridized carbons (Fsp3) is 0.500. The summed E-state index contributed by atoms with van der Waals surface area (Å²) in [6, 6.07) is 11.3. The lowest BCUT2D eigenvalue weighted by atomic mass is 10.1. The third-order valence-electron chi connectivity index (χ3n) is 4.75. The molecule has 0 radical (unpaired) electrons. The highest BCUT2D eigenvalue weighted by atomic mass is 32.1. The molecule has 2 aliphatic heterocycles. The average molecular weight is 329 g/mol. The maximum atomic E-state index is 5.54. The van der Waals surface area contributed by atoms with Gasteiger partial charge in [0.1, 0.15) is 0 Å². The summed E-state index contributed by atoms with van der Waals surface area (Å²) in [5.74, 6) is 0. The Balaban J connectivity index is 1.41. The van der Waals surface area contributed by atoms with Crippen LogP contribution in [0, 0.1) is 0 Å². The van der Waals surface area contributed by atoms with Gasteiger partial charge in [-0.05, 0) is 12.5 Å². The molecule has 1 aromatic carbocycles. The number of aromatic nitrogens is 1. The summed E-state index contributed by atoms with van der Waals surface area (Å²) in [5, 5.41) is 1.19. The van der Waals surface area contributed by atoms with Gasteiger partial charge in [-0.15, -0.1) is 0 Å². The number of hydrogen-bond acceptors (Lipinski definition) is 5. The van der Waals surface area contributed by atoms with Crippen LogP contribution in [0.5, 0.6) is 0 Å². The zero-order valence-electron chi connectivity index (χ0n) is 13.6. The van der Waals surface area contributed by atoms with Crippen LogP contribution in [0.1, 0.15) is 23.1 Å². The Bertz CT molecular complexity index is 634. The van der Waals surface area contributed by atoms with E-state index in [2.05, 4.69) is 47.1 Å². The molecule has 0 saturated carbocycles. The van der Waals surface area contributed by atoms with Crippen molar-refractivity contribution in [2.75, 3.05) is 31.1 Å². The molecular weight excluding hydrogens is 306 g/mol. The maximum Gasteiger partial charge on any atom is 0.185 e. The summed E-state index contributed by atoms with van der Waals surface area (Å²) in [6.07, 6.45) is 0.968. The van der Waals surface area contributed by atoms with Crippen molar-refractivity contribution in [1.29, 1.82) is 0 Å². The quantitative estimate of drug-likeness (QED) is 0.866. The van der Waals surface area contributed by atoms with Gasteiger partial charge >= 0.3 is 0 Å². The summed E-state index contributed by atoms with van der Waals surface area (Å²) < 4.78 is 5.54. The molecule has 0 bridgehead atoms. The van der Waals surface area contributed by atoms with Gasteiger partial charge in [0.25, 0.3) is 0 Å². The van der Waals surface area contributed by atoms with Crippen LogP contribution < -0.4 is 4.90 Å². The first kappa shape index (κ1) is 15.1. The number of piperazine rings is 1. The van der Waals surface area contributed by atoms with E-state index >= 15 is 0 Å². The Labute approximate surface area is 141 Å². The normalized spacial score (nSPS) is 22.1. The van der Waals surface area contributed by atoms with Crippen molar-refractivity contribution in [3.63, 3.8) is 0 Å². The summed E-state index contributed by atoms with van der Waals surface area (Å²) in [4.78, 5) is 11.2. The van der Waals surface area contributed by atoms with Gasteiger partial charge in [0.2, 0.25) is 0 Å². The molecule has 4 rings (SSSR count). The molecule has 3 heterocycles. The molecule has 23 heavy (non-hydrogen) atoms. The van der Waals surface area contributed by atoms with Crippen molar-refractivity contribution in [2.24, 2.45) is 0 Å². The second-order valence-electron chi connectivity index (χ2n) is 6.42. The highest BCUT2D eigenvalue weighted by Gasteiger charge is 2.27. The lowest BCUT2D eigenvalue weighted by molar-refractivity contribution is 0.112. The third kappa shape index (κ3) is 3.27. The lowest BCUT2D eigenvalue weighted by Crippen LogP contribution is -2.51. The zero-order valence-corrected chi connectivity index (χ0v) is 14.4. The topological polar surface area (TPSA) is 28.6 Å². The number of rotatable bonds is 3. The van der Waals surface area contributed by atoms with Crippen LogP contribution in [-0.2, 0) is 24.3 Å². The molecule has 2 aliphatic rings. The van der Waals surface area contributed by atoms with E-state index in [0.29, 0.717) is 6.04 Å². The van der Waals surface area contributed by atoms with E-state index in [0.717, 1.165) is 45.8 Å². The van der Waals surface area contributed by atoms with Gasteiger partial charge in [0.05, 0.1) is 23.8 Å². The van der Waals surface area contributed by atoms with E-state index in [1.54, 1.807) is 0 Å². The molecule has 0 unspecified atom stereocenters. The number of nitrogens with zero attached hydrogens (tertiary/aromatic N) is 3. The molecule has 4 nitrogen and oxygen atoms in total. The fourth-order valence-corrected chi connectivity index (χ4v) is 4.45. The highest BCUT2D eigenvalue weighted by molar-refractivity contribution is 7.15. The van der Waals surface area contributed by atoms with Crippen molar-refractivity contribution < 1.29 is 4.74 Å². The molecule has 2 aromatic rings. The highest BCUT2D eigenvalue weighted by Crippen LogP contribution is 2.31. The smallest absolute Gasteiger partial charge is 0.185 e. The number of anilines is 1. The first-order valence-electron chi connectivity index (χ1n) is 8.39. The summed E-state index contributed by atoms with van der Waals surface area (Å²) in [7, 11) is 0. The van der Waals surface area contributed by atoms with Crippen LogP contribution in [-0.4, -0.2) is 42.2 Å². The van der Waals surface area contributed by atoms with Gasteiger partial charge in [0, 0.05) is 38.6 Å². The first-order valence-corrected chi connectivity index (χ1v) is 9.20. The van der Waals surface area contributed by atoms with E-state index in [1.807, 2.05) is 11.3 Å². The van der Waals surface area contributed by atoms with Gasteiger partial charge in [-0.2, -0.15) is 0 Å². The zero-order chi connectivity index (χ0) is 15.6. The van der Waals surface area contributed by atoms with Gasteiger partial charge in [0.15, 0.2) is 5.13 Å². The van der Waals surface area contributed by atoms with Gasteiger partial charge in [-0.1, -0.05) is 41.7 Å². The van der Waals surface area contributed by atoms with Crippen molar-refractivity contribution >= 4 is 16.5 Å². The van der Waals surface area contributed by atoms with Crippen molar-refractivity contribution in [3.8, 4) is 0 Å². The van der Waals surface area contributed by atoms with E-state index in [-0.39, 0.29) is 0 Å². The van der Waals surface area contributed by atoms with Gasteiger partial charge in [-0.3, -0.25) is 4.90 Å². The van der Waals surface area contributed by atoms with E-state index in [4.69, 9.17) is 9.72 Å². The number of thiazole rings is 1. The van der Waals surface area contributed by atoms with Crippen LogP contribution in [0.2, 0.25) is 0 Å². The fourth-order valence-electron chi connectivity index (χ4n) is 3.37. The predicted octanol–water partition coefficient (Wildman–Crippen LogP) is 2.93. The second kappa shape index (κ2) is 6.59. The SMILES string of the molecule is C[C@@H]1CN(c2nc3c(s2)COCC3)CCN1Cc1ccccc1. The minimum Gasteiger partial charge on any atom is -0.375 e. The summed E-state index contributed by atoms with van der Waals surface area (Å²) >= 11 is 1.82. The Morgan fingerprint density at radius 1 is 1.26 bits per heavy atom. The van der Waals surface area contributed by atoms with Crippen molar-refractivity contribution in [1.82, 2.24) is 9.88 Å². The molecule has 0 amide bonds.